The fraction of sp³-hybridized carbons (Fsp3) is 0.317. The van der Waals surface area contributed by atoms with Crippen molar-refractivity contribution in [2.24, 2.45) is 5.41 Å². The number of rotatable bonds is 6. The van der Waals surface area contributed by atoms with E-state index in [1.807, 2.05) is 31.4 Å². The minimum Gasteiger partial charge on any atom is -0.497 e. The van der Waals surface area contributed by atoms with Crippen LogP contribution < -0.4 is 9.47 Å². The van der Waals surface area contributed by atoms with Crippen molar-refractivity contribution in [3.05, 3.63) is 148 Å². The predicted molar refractivity (Wildman–Crippen MR) is 183 cm³/mol. The zero-order chi connectivity index (χ0) is 32.4. The van der Waals surface area contributed by atoms with Crippen LogP contribution in [0.2, 0.25) is 0 Å². The molecule has 2 heterocycles. The van der Waals surface area contributed by atoms with Crippen LogP contribution in [0.1, 0.15) is 42.2 Å². The van der Waals surface area contributed by atoms with E-state index in [0.29, 0.717) is 13.2 Å². The molecule has 0 N–H and O–H groups in total. The second-order valence-corrected chi connectivity index (χ2v) is 13.3. The molecule has 2 unspecified atom stereocenters. The summed E-state index contributed by atoms with van der Waals surface area (Å²) in [4.78, 5) is 2.38. The van der Waals surface area contributed by atoms with E-state index in [9.17, 15) is 0 Å². The summed E-state index contributed by atoms with van der Waals surface area (Å²) >= 11 is 0. The van der Waals surface area contributed by atoms with Crippen molar-refractivity contribution < 1.29 is 23.7 Å². The van der Waals surface area contributed by atoms with Crippen molar-refractivity contribution in [1.82, 2.24) is 4.90 Å². The Hall–Kier alpha value is -4.20. The van der Waals surface area contributed by atoms with Crippen LogP contribution in [0.15, 0.2) is 125 Å². The van der Waals surface area contributed by atoms with E-state index in [2.05, 4.69) is 97.7 Å². The first-order valence-electron chi connectivity index (χ1n) is 16.4. The molecule has 6 heteroatoms. The molecule has 0 bridgehead atoms. The van der Waals surface area contributed by atoms with Crippen LogP contribution in [0.3, 0.4) is 0 Å². The fourth-order valence-corrected chi connectivity index (χ4v) is 8.25. The molecule has 47 heavy (non-hydrogen) atoms. The average molecular weight is 628 g/mol. The number of nitrogens with zero attached hydrogens (tertiary/aromatic N) is 1. The third kappa shape index (κ3) is 4.46. The summed E-state index contributed by atoms with van der Waals surface area (Å²) in [7, 11) is 5.20. The van der Waals surface area contributed by atoms with E-state index in [4.69, 9.17) is 23.7 Å². The molecule has 8 rings (SSSR count). The number of benzene rings is 3. The molecule has 3 aromatic rings. The van der Waals surface area contributed by atoms with Gasteiger partial charge in [-0.2, -0.15) is 0 Å². The topological polar surface area (TPSA) is 49.4 Å². The van der Waals surface area contributed by atoms with Crippen LogP contribution in [-0.2, 0) is 19.8 Å². The largest absolute Gasteiger partial charge is 0.497 e. The minimum atomic E-state index is -0.832. The SMILES string of the molecule is COc1ccc(C2(c3ccc(OC)cc3)C=CC3=C4C(=C5C=CC(OC)(N6CCOCC6)C=C5C4(C)C)c4ccccc4C3O2)cc1. The van der Waals surface area contributed by atoms with E-state index in [0.717, 1.165) is 35.7 Å². The Bertz CT molecular complexity index is 1820. The molecule has 240 valence electrons. The highest BCUT2D eigenvalue weighted by molar-refractivity contribution is 5.97. The smallest absolute Gasteiger partial charge is 0.160 e. The third-order valence-electron chi connectivity index (χ3n) is 10.7. The van der Waals surface area contributed by atoms with Crippen LogP contribution in [0.4, 0.5) is 0 Å². The van der Waals surface area contributed by atoms with Crippen molar-refractivity contribution in [2.45, 2.75) is 31.3 Å². The maximum absolute atomic E-state index is 7.50. The van der Waals surface area contributed by atoms with Gasteiger partial charge in [0.2, 0.25) is 0 Å². The van der Waals surface area contributed by atoms with Gasteiger partial charge < -0.3 is 23.7 Å². The lowest BCUT2D eigenvalue weighted by Gasteiger charge is -2.44. The monoisotopic (exact) mass is 627 g/mol. The van der Waals surface area contributed by atoms with Gasteiger partial charge in [0.25, 0.3) is 0 Å². The molecule has 2 aliphatic heterocycles. The number of morpholine rings is 1. The zero-order valence-corrected chi connectivity index (χ0v) is 27.7. The zero-order valence-electron chi connectivity index (χ0n) is 27.7. The molecule has 0 spiro atoms. The van der Waals surface area contributed by atoms with Gasteiger partial charge in [-0.3, -0.25) is 4.90 Å². The molecular weight excluding hydrogens is 586 g/mol. The van der Waals surface area contributed by atoms with Crippen LogP contribution in [0.5, 0.6) is 11.5 Å². The standard InChI is InChI=1S/C41H41NO5/c1-39(2)35-26-40(45-5,42-22-24-46-25-23-42)20-18-33(35)36-31-8-6-7-9-32(31)38-34(37(36)39)19-21-41(47-38,27-10-14-29(43-3)15-11-27)28-12-16-30(44-4)17-13-28/h6-21,26,38H,22-25H2,1-5H3. The van der Waals surface area contributed by atoms with Crippen LogP contribution in [-0.4, -0.2) is 58.3 Å². The number of allylic oxidation sites excluding steroid dienone is 5. The molecule has 0 saturated carbocycles. The first-order valence-corrected chi connectivity index (χ1v) is 16.4. The summed E-state index contributed by atoms with van der Waals surface area (Å²) < 4.78 is 30.6. The van der Waals surface area contributed by atoms with E-state index in [-0.39, 0.29) is 11.5 Å². The first-order chi connectivity index (χ1) is 22.8. The van der Waals surface area contributed by atoms with E-state index in [1.54, 1.807) is 14.2 Å². The van der Waals surface area contributed by atoms with E-state index >= 15 is 0 Å². The number of ether oxygens (including phenoxy) is 5. The highest BCUT2D eigenvalue weighted by Crippen LogP contribution is 2.63. The number of methoxy groups -OCH3 is 3. The number of hydrogen-bond donors (Lipinski definition) is 0. The molecule has 0 aromatic heterocycles. The van der Waals surface area contributed by atoms with Gasteiger partial charge in [0.05, 0.1) is 27.4 Å². The van der Waals surface area contributed by atoms with Gasteiger partial charge in [-0.05, 0) is 92.6 Å². The van der Waals surface area contributed by atoms with Gasteiger partial charge in [0.1, 0.15) is 23.2 Å². The Morgan fingerprint density at radius 2 is 1.40 bits per heavy atom. The highest BCUT2D eigenvalue weighted by atomic mass is 16.5. The molecule has 0 radical (unpaired) electrons. The lowest BCUT2D eigenvalue weighted by molar-refractivity contribution is -0.102. The van der Waals surface area contributed by atoms with Crippen LogP contribution >= 0.6 is 0 Å². The van der Waals surface area contributed by atoms with Crippen molar-refractivity contribution >= 4 is 5.57 Å². The molecule has 2 atom stereocenters. The number of fused-ring (bicyclic) bond motifs is 6. The van der Waals surface area contributed by atoms with Gasteiger partial charge in [-0.25, -0.2) is 0 Å². The summed E-state index contributed by atoms with van der Waals surface area (Å²) in [5.41, 5.74) is 9.08. The van der Waals surface area contributed by atoms with Gasteiger partial charge in [0.15, 0.2) is 5.72 Å². The van der Waals surface area contributed by atoms with Crippen molar-refractivity contribution in [1.29, 1.82) is 0 Å². The lowest BCUT2D eigenvalue weighted by atomic mass is 9.70. The van der Waals surface area contributed by atoms with Gasteiger partial charge in [-0.1, -0.05) is 74.5 Å². The second-order valence-electron chi connectivity index (χ2n) is 13.3. The second kappa shape index (κ2) is 11.2. The summed E-state index contributed by atoms with van der Waals surface area (Å²) in [5, 5.41) is 0. The van der Waals surface area contributed by atoms with Crippen molar-refractivity contribution in [3.63, 3.8) is 0 Å². The Morgan fingerprint density at radius 3 is 2.02 bits per heavy atom. The Balaban J connectivity index is 1.34. The molecule has 1 fully saturated rings. The minimum absolute atomic E-state index is 0.282. The highest BCUT2D eigenvalue weighted by Gasteiger charge is 2.52. The summed E-state index contributed by atoms with van der Waals surface area (Å²) in [6.45, 7) is 7.75. The van der Waals surface area contributed by atoms with Gasteiger partial charge in [-0.15, -0.1) is 0 Å². The number of hydrogen-bond acceptors (Lipinski definition) is 6. The molecule has 3 aromatic carbocycles. The summed E-state index contributed by atoms with van der Waals surface area (Å²) in [6.07, 6.45) is 11.2. The van der Waals surface area contributed by atoms with E-state index < -0.39 is 11.3 Å². The Morgan fingerprint density at radius 1 is 0.766 bits per heavy atom. The predicted octanol–water partition coefficient (Wildman–Crippen LogP) is 7.55. The maximum atomic E-state index is 7.50. The van der Waals surface area contributed by atoms with Crippen LogP contribution in [0.25, 0.3) is 5.57 Å². The summed E-state index contributed by atoms with van der Waals surface area (Å²) in [6, 6.07) is 25.2. The Kier molecular flexibility index (Phi) is 7.19. The van der Waals surface area contributed by atoms with Gasteiger partial charge in [0, 0.05) is 25.6 Å². The molecule has 0 amide bonds. The quantitative estimate of drug-likeness (QED) is 0.281. The lowest BCUT2D eigenvalue weighted by Crippen LogP contribution is -2.53. The molecule has 1 saturated heterocycles. The fourth-order valence-electron chi connectivity index (χ4n) is 8.25. The molecule has 6 nitrogen and oxygen atoms in total. The first kappa shape index (κ1) is 30.2. The Labute approximate surface area is 277 Å². The average Bonchev–Trinajstić information content (AvgIpc) is 3.37. The van der Waals surface area contributed by atoms with Gasteiger partial charge >= 0.3 is 0 Å². The van der Waals surface area contributed by atoms with Crippen LogP contribution in [0, 0.1) is 5.41 Å². The molecule has 5 aliphatic rings. The van der Waals surface area contributed by atoms with Crippen molar-refractivity contribution in [2.75, 3.05) is 47.6 Å². The third-order valence-corrected chi connectivity index (χ3v) is 10.7. The maximum Gasteiger partial charge on any atom is 0.160 e. The summed E-state index contributed by atoms with van der Waals surface area (Å²) in [5.74, 6) is 1.61. The molecule has 3 aliphatic carbocycles. The van der Waals surface area contributed by atoms with E-state index in [1.165, 1.54) is 39.0 Å². The normalized spacial score (nSPS) is 25.5. The van der Waals surface area contributed by atoms with Crippen molar-refractivity contribution in [3.8, 4) is 11.5 Å². The molecular formula is C41H41NO5.